The van der Waals surface area contributed by atoms with Crippen molar-refractivity contribution in [3.63, 3.8) is 0 Å². The summed E-state index contributed by atoms with van der Waals surface area (Å²) < 4.78 is 7.84. The number of likely N-dealkylation sites (N-methyl/N-ethyl adjacent to an activating group) is 1. The molecule has 4 aromatic rings. The number of pyridine rings is 1. The fraction of sp³-hybridized carbons (Fsp3) is 0.360. The molecule has 0 amide bonds. The van der Waals surface area contributed by atoms with E-state index in [2.05, 4.69) is 28.3 Å². The molecule has 1 saturated carbocycles. The zero-order valence-corrected chi connectivity index (χ0v) is 18.5. The van der Waals surface area contributed by atoms with E-state index in [0.717, 1.165) is 67.6 Å². The molecule has 33 heavy (non-hydrogen) atoms. The summed E-state index contributed by atoms with van der Waals surface area (Å²) in [6.07, 6.45) is 6.67. The van der Waals surface area contributed by atoms with Crippen LogP contribution in [0.25, 0.3) is 22.0 Å². The van der Waals surface area contributed by atoms with E-state index >= 15 is 0 Å². The number of nitrogens with one attached hydrogen (secondary N) is 1. The van der Waals surface area contributed by atoms with Crippen molar-refractivity contribution < 1.29 is 4.42 Å². The average Bonchev–Trinajstić information content (AvgIpc) is 3.46. The molecule has 8 heteroatoms. The van der Waals surface area contributed by atoms with Gasteiger partial charge in [-0.3, -0.25) is 14.3 Å². The van der Waals surface area contributed by atoms with Crippen molar-refractivity contribution in [1.82, 2.24) is 19.4 Å². The standard InChI is InChI=1S/C25H24N6O2/c1-30-9-8-20-19-7-6-17(11-21(19)33-22(20)14-30)28-25-27-13-16-10-15(12-26)24(32)31(23(16)29-25)18-4-2-3-5-18/h6-7,10-11,13,18H,2-5,8-9,14H2,1H3,(H,27,28,29). The van der Waals surface area contributed by atoms with Gasteiger partial charge in [-0.05, 0) is 44.5 Å². The van der Waals surface area contributed by atoms with Gasteiger partial charge in [0.1, 0.15) is 28.6 Å². The van der Waals surface area contributed by atoms with E-state index in [9.17, 15) is 10.1 Å². The van der Waals surface area contributed by atoms with Gasteiger partial charge in [-0.25, -0.2) is 4.98 Å². The summed E-state index contributed by atoms with van der Waals surface area (Å²) in [5, 5.41) is 14.5. The van der Waals surface area contributed by atoms with Gasteiger partial charge in [0.05, 0.1) is 6.54 Å². The molecule has 1 fully saturated rings. The van der Waals surface area contributed by atoms with Gasteiger partial charge in [0, 0.05) is 46.9 Å². The Morgan fingerprint density at radius 3 is 2.91 bits per heavy atom. The normalized spacial score (nSPS) is 16.8. The summed E-state index contributed by atoms with van der Waals surface area (Å²) in [6, 6.07) is 9.75. The van der Waals surface area contributed by atoms with Crippen molar-refractivity contribution >= 4 is 33.6 Å². The van der Waals surface area contributed by atoms with E-state index in [-0.39, 0.29) is 17.2 Å². The highest BCUT2D eigenvalue weighted by Gasteiger charge is 2.23. The van der Waals surface area contributed by atoms with E-state index in [1.54, 1.807) is 16.8 Å². The fourth-order valence-electron chi connectivity index (χ4n) is 5.20. The maximum Gasteiger partial charge on any atom is 0.270 e. The highest BCUT2D eigenvalue weighted by molar-refractivity contribution is 5.86. The molecule has 1 N–H and O–H groups in total. The number of hydrogen-bond acceptors (Lipinski definition) is 7. The van der Waals surface area contributed by atoms with Crippen LogP contribution in [0.1, 0.15) is 48.6 Å². The van der Waals surface area contributed by atoms with Crippen LogP contribution < -0.4 is 10.9 Å². The number of hydrogen-bond donors (Lipinski definition) is 1. The molecule has 0 bridgehead atoms. The lowest BCUT2D eigenvalue weighted by atomic mass is 10.0. The summed E-state index contributed by atoms with van der Waals surface area (Å²) >= 11 is 0. The van der Waals surface area contributed by atoms with Crippen LogP contribution in [-0.2, 0) is 13.0 Å². The van der Waals surface area contributed by atoms with Crippen LogP contribution in [0.4, 0.5) is 11.6 Å². The first-order valence-corrected chi connectivity index (χ1v) is 11.4. The molecule has 0 spiro atoms. The second-order valence-corrected chi connectivity index (χ2v) is 9.08. The topological polar surface area (TPSA) is 100.0 Å². The average molecular weight is 441 g/mol. The van der Waals surface area contributed by atoms with E-state index in [1.807, 2.05) is 18.2 Å². The molecule has 1 aliphatic carbocycles. The molecule has 0 radical (unpaired) electrons. The number of rotatable bonds is 3. The van der Waals surface area contributed by atoms with Crippen molar-refractivity contribution in [1.29, 1.82) is 5.26 Å². The van der Waals surface area contributed by atoms with Gasteiger partial charge < -0.3 is 9.73 Å². The molecule has 1 aromatic carbocycles. The van der Waals surface area contributed by atoms with E-state index < -0.39 is 0 Å². The van der Waals surface area contributed by atoms with E-state index in [0.29, 0.717) is 17.0 Å². The summed E-state index contributed by atoms with van der Waals surface area (Å²) in [7, 11) is 2.10. The lowest BCUT2D eigenvalue weighted by molar-refractivity contribution is 0.281. The Bertz CT molecular complexity index is 1490. The Labute approximate surface area is 190 Å². The molecule has 0 saturated heterocycles. The smallest absolute Gasteiger partial charge is 0.270 e. The number of nitrogens with zero attached hydrogens (tertiary/aromatic N) is 5. The van der Waals surface area contributed by atoms with Crippen LogP contribution in [-0.4, -0.2) is 33.0 Å². The number of nitriles is 1. The van der Waals surface area contributed by atoms with Crippen LogP contribution in [0.2, 0.25) is 0 Å². The maximum atomic E-state index is 13.0. The van der Waals surface area contributed by atoms with Crippen LogP contribution in [0, 0.1) is 11.3 Å². The molecule has 3 aromatic heterocycles. The van der Waals surface area contributed by atoms with Crippen LogP contribution in [0.15, 0.2) is 39.7 Å². The van der Waals surface area contributed by atoms with Gasteiger partial charge in [-0.15, -0.1) is 0 Å². The molecule has 6 rings (SSSR count). The molecule has 2 aliphatic rings. The zero-order valence-electron chi connectivity index (χ0n) is 18.5. The van der Waals surface area contributed by atoms with Gasteiger partial charge in [-0.1, -0.05) is 12.8 Å². The number of furan rings is 1. The first-order chi connectivity index (χ1) is 16.1. The van der Waals surface area contributed by atoms with Crippen LogP contribution in [0.5, 0.6) is 0 Å². The quantitative estimate of drug-likeness (QED) is 0.508. The predicted octanol–water partition coefficient (Wildman–Crippen LogP) is 4.26. The summed E-state index contributed by atoms with van der Waals surface area (Å²) in [5.74, 6) is 1.44. The molecule has 8 nitrogen and oxygen atoms in total. The van der Waals surface area contributed by atoms with Crippen molar-refractivity contribution in [3.05, 3.63) is 57.7 Å². The maximum absolute atomic E-state index is 13.0. The molecule has 0 atom stereocenters. The van der Waals surface area contributed by atoms with Crippen molar-refractivity contribution in [2.45, 2.75) is 44.7 Å². The van der Waals surface area contributed by atoms with Gasteiger partial charge >= 0.3 is 0 Å². The summed E-state index contributed by atoms with van der Waals surface area (Å²) in [5.41, 5.74) is 3.41. The number of aromatic nitrogens is 3. The van der Waals surface area contributed by atoms with Gasteiger partial charge in [0.2, 0.25) is 5.95 Å². The van der Waals surface area contributed by atoms with Crippen molar-refractivity contribution in [2.24, 2.45) is 0 Å². The number of anilines is 2. The Balaban J connectivity index is 1.39. The van der Waals surface area contributed by atoms with Gasteiger partial charge in [-0.2, -0.15) is 10.2 Å². The Morgan fingerprint density at radius 1 is 1.24 bits per heavy atom. The first-order valence-electron chi connectivity index (χ1n) is 11.4. The highest BCUT2D eigenvalue weighted by atomic mass is 16.3. The lowest BCUT2D eigenvalue weighted by Gasteiger charge is -2.20. The summed E-state index contributed by atoms with van der Waals surface area (Å²) in [6.45, 7) is 1.85. The molecular weight excluding hydrogens is 416 g/mol. The molecule has 166 valence electrons. The highest BCUT2D eigenvalue weighted by Crippen LogP contribution is 2.33. The molecule has 1 aliphatic heterocycles. The Morgan fingerprint density at radius 2 is 2.09 bits per heavy atom. The minimum atomic E-state index is -0.269. The molecular formula is C25H24N6O2. The number of benzene rings is 1. The molecule has 4 heterocycles. The Kier molecular flexibility index (Phi) is 4.66. The van der Waals surface area contributed by atoms with Crippen LogP contribution >= 0.6 is 0 Å². The Hall–Kier alpha value is -3.70. The first kappa shape index (κ1) is 19.9. The monoisotopic (exact) mass is 440 g/mol. The fourth-order valence-corrected chi connectivity index (χ4v) is 5.20. The van der Waals surface area contributed by atoms with Gasteiger partial charge in [0.25, 0.3) is 5.56 Å². The second kappa shape index (κ2) is 7.71. The minimum Gasteiger partial charge on any atom is -0.459 e. The van der Waals surface area contributed by atoms with Crippen molar-refractivity contribution in [2.75, 3.05) is 18.9 Å². The third-order valence-electron chi connectivity index (χ3n) is 6.87. The summed E-state index contributed by atoms with van der Waals surface area (Å²) in [4.78, 5) is 24.4. The van der Waals surface area contributed by atoms with Crippen molar-refractivity contribution in [3.8, 4) is 6.07 Å². The number of fused-ring (bicyclic) bond motifs is 4. The lowest BCUT2D eigenvalue weighted by Crippen LogP contribution is -2.26. The van der Waals surface area contributed by atoms with Crippen LogP contribution in [0.3, 0.4) is 0 Å². The van der Waals surface area contributed by atoms with E-state index in [4.69, 9.17) is 9.40 Å². The minimum absolute atomic E-state index is 0.0694. The second-order valence-electron chi connectivity index (χ2n) is 9.08. The third kappa shape index (κ3) is 3.36. The van der Waals surface area contributed by atoms with Gasteiger partial charge in [0.15, 0.2) is 0 Å². The molecule has 0 unspecified atom stereocenters. The zero-order chi connectivity index (χ0) is 22.5. The predicted molar refractivity (Wildman–Crippen MR) is 126 cm³/mol. The van der Waals surface area contributed by atoms with E-state index in [1.165, 1.54) is 5.56 Å². The largest absolute Gasteiger partial charge is 0.459 e. The third-order valence-corrected chi connectivity index (χ3v) is 6.87. The SMILES string of the molecule is CN1CCc2c(oc3cc(Nc4ncc5cc(C#N)c(=O)n(C6CCCC6)c5n4)ccc23)C1.